The van der Waals surface area contributed by atoms with Crippen molar-refractivity contribution in [1.29, 1.82) is 0 Å². The van der Waals surface area contributed by atoms with Gasteiger partial charge in [0.25, 0.3) is 0 Å². The first-order valence-electron chi connectivity index (χ1n) is 5.67. The number of anilines is 2. The highest BCUT2D eigenvalue weighted by Crippen LogP contribution is 2.24. The van der Waals surface area contributed by atoms with E-state index in [-0.39, 0.29) is 12.0 Å². The summed E-state index contributed by atoms with van der Waals surface area (Å²) < 4.78 is 0. The lowest BCUT2D eigenvalue weighted by Gasteiger charge is -2.16. The van der Waals surface area contributed by atoms with Gasteiger partial charge < -0.3 is 11.1 Å². The minimum Gasteiger partial charge on any atom is -0.368 e. The van der Waals surface area contributed by atoms with E-state index in [0.717, 1.165) is 5.56 Å². The average Bonchev–Trinajstić information content (AvgIpc) is 2.34. The van der Waals surface area contributed by atoms with Gasteiger partial charge in [0, 0.05) is 6.04 Å². The van der Waals surface area contributed by atoms with E-state index in [1.54, 1.807) is 0 Å². The normalized spacial score (nSPS) is 12.2. The molecule has 1 heterocycles. The van der Waals surface area contributed by atoms with Crippen LogP contribution in [0.25, 0.3) is 0 Å². The van der Waals surface area contributed by atoms with Crippen molar-refractivity contribution in [3.8, 4) is 0 Å². The molecule has 0 aliphatic rings. The van der Waals surface area contributed by atoms with Gasteiger partial charge in [-0.3, -0.25) is 0 Å². The van der Waals surface area contributed by atoms with E-state index in [4.69, 9.17) is 17.3 Å². The summed E-state index contributed by atoms with van der Waals surface area (Å²) >= 11 is 6.01. The molecule has 18 heavy (non-hydrogen) atoms. The molecule has 0 saturated heterocycles. The zero-order valence-electron chi connectivity index (χ0n) is 10.3. The summed E-state index contributed by atoms with van der Waals surface area (Å²) in [6.07, 6.45) is 1.49. The molecule has 0 radical (unpaired) electrons. The van der Waals surface area contributed by atoms with E-state index in [1.807, 2.05) is 6.92 Å². The molecule has 5 heteroatoms. The number of hydrogen-bond donors (Lipinski definition) is 2. The highest BCUT2D eigenvalue weighted by Gasteiger charge is 2.09. The Hall–Kier alpha value is -1.81. The van der Waals surface area contributed by atoms with Crippen molar-refractivity contribution in [3.05, 3.63) is 46.6 Å². The first-order chi connectivity index (χ1) is 8.56. The summed E-state index contributed by atoms with van der Waals surface area (Å²) in [6.45, 7) is 4.10. The first kappa shape index (κ1) is 12.6. The SMILES string of the molecule is Cc1ccc(C(C)Nc2nc(N)ncc2Cl)cc1. The summed E-state index contributed by atoms with van der Waals surface area (Å²) in [5.74, 6) is 0.759. The molecule has 94 valence electrons. The molecule has 1 aromatic carbocycles. The van der Waals surface area contributed by atoms with Crippen LogP contribution < -0.4 is 11.1 Å². The number of nitrogens with zero attached hydrogens (tertiary/aromatic N) is 2. The monoisotopic (exact) mass is 262 g/mol. The van der Waals surface area contributed by atoms with E-state index in [1.165, 1.54) is 11.8 Å². The Bertz CT molecular complexity index is 539. The smallest absolute Gasteiger partial charge is 0.222 e. The van der Waals surface area contributed by atoms with Crippen molar-refractivity contribution in [2.45, 2.75) is 19.9 Å². The molecule has 4 nitrogen and oxygen atoms in total. The van der Waals surface area contributed by atoms with Crippen molar-refractivity contribution >= 4 is 23.4 Å². The number of hydrogen-bond acceptors (Lipinski definition) is 4. The third-order valence-corrected chi connectivity index (χ3v) is 2.97. The zero-order valence-corrected chi connectivity index (χ0v) is 11.1. The van der Waals surface area contributed by atoms with E-state index < -0.39 is 0 Å². The number of benzene rings is 1. The number of aryl methyl sites for hydroxylation is 1. The van der Waals surface area contributed by atoms with Gasteiger partial charge in [0.2, 0.25) is 5.95 Å². The molecule has 0 aliphatic heterocycles. The lowest BCUT2D eigenvalue weighted by molar-refractivity contribution is 0.872. The Morgan fingerprint density at radius 3 is 2.61 bits per heavy atom. The van der Waals surface area contributed by atoms with Crippen LogP contribution in [-0.2, 0) is 0 Å². The number of nitrogen functional groups attached to an aromatic ring is 1. The Kier molecular flexibility index (Phi) is 3.67. The summed E-state index contributed by atoms with van der Waals surface area (Å²) in [7, 11) is 0. The fourth-order valence-electron chi connectivity index (χ4n) is 1.63. The van der Waals surface area contributed by atoms with E-state index in [9.17, 15) is 0 Å². The molecule has 0 bridgehead atoms. The van der Waals surface area contributed by atoms with Gasteiger partial charge in [-0.25, -0.2) is 4.98 Å². The largest absolute Gasteiger partial charge is 0.368 e. The summed E-state index contributed by atoms with van der Waals surface area (Å²) in [5, 5.41) is 3.68. The molecular weight excluding hydrogens is 248 g/mol. The topological polar surface area (TPSA) is 63.8 Å². The van der Waals surface area contributed by atoms with Gasteiger partial charge in [0.05, 0.1) is 6.20 Å². The highest BCUT2D eigenvalue weighted by atomic mass is 35.5. The lowest BCUT2D eigenvalue weighted by Crippen LogP contribution is -2.09. The van der Waals surface area contributed by atoms with Crippen molar-refractivity contribution in [1.82, 2.24) is 9.97 Å². The van der Waals surface area contributed by atoms with E-state index in [0.29, 0.717) is 10.8 Å². The van der Waals surface area contributed by atoms with Crippen LogP contribution in [0.1, 0.15) is 24.1 Å². The predicted molar refractivity (Wildman–Crippen MR) is 74.7 cm³/mol. The molecule has 2 rings (SSSR count). The molecule has 0 fully saturated rings. The van der Waals surface area contributed by atoms with Crippen molar-refractivity contribution in [2.24, 2.45) is 0 Å². The number of aromatic nitrogens is 2. The number of nitrogens with two attached hydrogens (primary N) is 1. The fourth-order valence-corrected chi connectivity index (χ4v) is 1.77. The molecule has 1 atom stereocenters. The van der Waals surface area contributed by atoms with Crippen LogP contribution in [-0.4, -0.2) is 9.97 Å². The average molecular weight is 263 g/mol. The molecule has 3 N–H and O–H groups in total. The van der Waals surface area contributed by atoms with Gasteiger partial charge in [0.1, 0.15) is 5.02 Å². The maximum atomic E-state index is 6.01. The Morgan fingerprint density at radius 1 is 1.28 bits per heavy atom. The van der Waals surface area contributed by atoms with Gasteiger partial charge in [-0.2, -0.15) is 4.98 Å². The van der Waals surface area contributed by atoms with Crippen molar-refractivity contribution < 1.29 is 0 Å². The minimum atomic E-state index is 0.0948. The van der Waals surface area contributed by atoms with Gasteiger partial charge in [-0.15, -0.1) is 0 Å². The van der Waals surface area contributed by atoms with Crippen LogP contribution in [0.4, 0.5) is 11.8 Å². The summed E-state index contributed by atoms with van der Waals surface area (Å²) in [5.41, 5.74) is 7.93. The van der Waals surface area contributed by atoms with Crippen LogP contribution in [0.15, 0.2) is 30.5 Å². The number of halogens is 1. The van der Waals surface area contributed by atoms with Crippen LogP contribution in [0.2, 0.25) is 5.02 Å². The van der Waals surface area contributed by atoms with Crippen LogP contribution in [0, 0.1) is 6.92 Å². The maximum absolute atomic E-state index is 6.01. The Labute approximate surface area is 111 Å². The maximum Gasteiger partial charge on any atom is 0.222 e. The Balaban J connectivity index is 2.18. The molecular formula is C13H15ClN4. The van der Waals surface area contributed by atoms with Gasteiger partial charge in [-0.05, 0) is 19.4 Å². The zero-order chi connectivity index (χ0) is 13.1. The number of rotatable bonds is 3. The third-order valence-electron chi connectivity index (χ3n) is 2.69. The quantitative estimate of drug-likeness (QED) is 0.892. The molecule has 2 aromatic rings. The molecule has 0 saturated carbocycles. The summed E-state index contributed by atoms with van der Waals surface area (Å²) in [6, 6.07) is 8.39. The molecule has 0 spiro atoms. The second-order valence-electron chi connectivity index (χ2n) is 4.20. The highest BCUT2D eigenvalue weighted by molar-refractivity contribution is 6.32. The fraction of sp³-hybridized carbons (Fsp3) is 0.231. The van der Waals surface area contributed by atoms with Gasteiger partial charge >= 0.3 is 0 Å². The third kappa shape index (κ3) is 2.90. The van der Waals surface area contributed by atoms with Gasteiger partial charge in [0.15, 0.2) is 5.82 Å². The lowest BCUT2D eigenvalue weighted by atomic mass is 10.1. The summed E-state index contributed by atoms with van der Waals surface area (Å²) in [4.78, 5) is 7.91. The van der Waals surface area contributed by atoms with Crippen LogP contribution >= 0.6 is 11.6 Å². The van der Waals surface area contributed by atoms with Gasteiger partial charge in [-0.1, -0.05) is 41.4 Å². The van der Waals surface area contributed by atoms with E-state index in [2.05, 4.69) is 46.5 Å². The number of nitrogens with one attached hydrogen (secondary N) is 1. The second kappa shape index (κ2) is 5.23. The van der Waals surface area contributed by atoms with Crippen LogP contribution in [0.5, 0.6) is 0 Å². The van der Waals surface area contributed by atoms with E-state index >= 15 is 0 Å². The van der Waals surface area contributed by atoms with Crippen molar-refractivity contribution in [2.75, 3.05) is 11.1 Å². The molecule has 0 aliphatic carbocycles. The minimum absolute atomic E-state index is 0.0948. The first-order valence-corrected chi connectivity index (χ1v) is 6.05. The molecule has 1 unspecified atom stereocenters. The molecule has 0 amide bonds. The standard InChI is InChI=1S/C13H15ClN4/c1-8-3-5-10(6-4-8)9(2)17-12-11(14)7-16-13(15)18-12/h3-7,9H,1-2H3,(H3,15,16,17,18). The van der Waals surface area contributed by atoms with Crippen LogP contribution in [0.3, 0.4) is 0 Å². The second-order valence-corrected chi connectivity index (χ2v) is 4.61. The van der Waals surface area contributed by atoms with Crippen molar-refractivity contribution in [3.63, 3.8) is 0 Å². The Morgan fingerprint density at radius 2 is 1.94 bits per heavy atom. The predicted octanol–water partition coefficient (Wildman–Crippen LogP) is 3.19. The molecule has 1 aromatic heterocycles.